The number of pyridine rings is 1. The third kappa shape index (κ3) is 3.74. The summed E-state index contributed by atoms with van der Waals surface area (Å²) >= 11 is 12.5. The summed E-state index contributed by atoms with van der Waals surface area (Å²) in [7, 11) is 0. The van der Waals surface area contributed by atoms with Gasteiger partial charge in [0, 0.05) is 17.5 Å². The van der Waals surface area contributed by atoms with Gasteiger partial charge in [-0.2, -0.15) is 0 Å². The highest BCUT2D eigenvalue weighted by Crippen LogP contribution is 2.41. The summed E-state index contributed by atoms with van der Waals surface area (Å²) in [6.45, 7) is 5.04. The maximum atomic E-state index is 6.36. The number of hydrogen-bond donors (Lipinski definition) is 0. The van der Waals surface area contributed by atoms with Gasteiger partial charge in [0.1, 0.15) is 16.8 Å². The van der Waals surface area contributed by atoms with Crippen molar-refractivity contribution in [3.8, 4) is 0 Å². The lowest BCUT2D eigenvalue weighted by Crippen LogP contribution is -2.27. The topological polar surface area (TPSA) is 43.6 Å². The van der Waals surface area contributed by atoms with Crippen LogP contribution in [0, 0.1) is 0 Å². The van der Waals surface area contributed by atoms with Crippen molar-refractivity contribution in [1.82, 2.24) is 19.7 Å². The molecule has 2 heterocycles. The summed E-state index contributed by atoms with van der Waals surface area (Å²) in [5, 5.41) is 10.4. The van der Waals surface area contributed by atoms with Crippen molar-refractivity contribution in [1.29, 1.82) is 0 Å². The van der Waals surface area contributed by atoms with E-state index in [-0.39, 0.29) is 0 Å². The van der Waals surface area contributed by atoms with Crippen molar-refractivity contribution >= 4 is 23.2 Å². The minimum atomic E-state index is -0.397. The zero-order valence-corrected chi connectivity index (χ0v) is 17.0. The quantitative estimate of drug-likeness (QED) is 0.518. The van der Waals surface area contributed by atoms with Crippen molar-refractivity contribution < 1.29 is 0 Å². The first-order chi connectivity index (χ1) is 13.0. The molecule has 0 aliphatic heterocycles. The average Bonchev–Trinajstić information content (AvgIpc) is 3.40. The van der Waals surface area contributed by atoms with Crippen molar-refractivity contribution in [2.24, 2.45) is 0 Å². The average molecular weight is 401 g/mol. The standard InChI is InChI=1S/C21H22Cl2N4/c1-21(2,17-8-5-9-18(23)24-17)20-26-25-19(15-10-11-15)27(20)13-12-14-6-3-4-7-16(14)22/h3-9,15H,10-13H2,1-2H3. The predicted molar refractivity (Wildman–Crippen MR) is 109 cm³/mol. The van der Waals surface area contributed by atoms with E-state index in [1.54, 1.807) is 6.07 Å². The Hall–Kier alpha value is -1.91. The van der Waals surface area contributed by atoms with Crippen LogP contribution in [0.3, 0.4) is 0 Å². The molecule has 0 radical (unpaired) electrons. The number of hydrogen-bond acceptors (Lipinski definition) is 3. The molecule has 6 heteroatoms. The van der Waals surface area contributed by atoms with E-state index in [0.29, 0.717) is 11.1 Å². The Kier molecular flexibility index (Phi) is 4.95. The fourth-order valence-electron chi connectivity index (χ4n) is 3.45. The second-order valence-electron chi connectivity index (χ2n) is 7.62. The van der Waals surface area contributed by atoms with Gasteiger partial charge in [0.15, 0.2) is 0 Å². The van der Waals surface area contributed by atoms with Gasteiger partial charge in [-0.3, -0.25) is 0 Å². The Morgan fingerprint density at radius 2 is 1.81 bits per heavy atom. The van der Waals surface area contributed by atoms with E-state index in [2.05, 4.69) is 39.7 Å². The summed E-state index contributed by atoms with van der Waals surface area (Å²) in [6, 6.07) is 13.7. The Bertz CT molecular complexity index is 960. The summed E-state index contributed by atoms with van der Waals surface area (Å²) in [4.78, 5) is 4.53. The zero-order chi connectivity index (χ0) is 19.0. The molecule has 3 aromatic rings. The molecular weight excluding hydrogens is 379 g/mol. The number of benzene rings is 1. The van der Waals surface area contributed by atoms with Crippen molar-refractivity contribution in [3.05, 3.63) is 75.5 Å². The monoisotopic (exact) mass is 400 g/mol. The SMILES string of the molecule is CC(C)(c1cccc(Cl)n1)c1nnc(C2CC2)n1CCc1ccccc1Cl. The second kappa shape index (κ2) is 7.25. The van der Waals surface area contributed by atoms with Crippen molar-refractivity contribution in [3.63, 3.8) is 0 Å². The third-order valence-corrected chi connectivity index (χ3v) is 5.78. The largest absolute Gasteiger partial charge is 0.314 e. The molecule has 0 N–H and O–H groups in total. The summed E-state index contributed by atoms with van der Waals surface area (Å²) < 4.78 is 2.27. The van der Waals surface area contributed by atoms with E-state index in [0.717, 1.165) is 40.9 Å². The van der Waals surface area contributed by atoms with Crippen LogP contribution < -0.4 is 0 Å². The number of halogens is 2. The molecule has 4 nitrogen and oxygen atoms in total. The lowest BCUT2D eigenvalue weighted by Gasteiger charge is -2.25. The number of nitrogens with zero attached hydrogens (tertiary/aromatic N) is 4. The number of aromatic nitrogens is 4. The van der Waals surface area contributed by atoms with Gasteiger partial charge in [-0.25, -0.2) is 4.98 Å². The molecule has 0 bridgehead atoms. The molecule has 0 unspecified atom stereocenters. The molecule has 2 aromatic heterocycles. The first-order valence-corrected chi connectivity index (χ1v) is 10.0. The Labute approximate surface area is 169 Å². The van der Waals surface area contributed by atoms with Crippen LogP contribution in [0.2, 0.25) is 10.2 Å². The number of aryl methyl sites for hydroxylation is 1. The summed E-state index contributed by atoms with van der Waals surface area (Å²) in [6.07, 6.45) is 3.20. The van der Waals surface area contributed by atoms with Gasteiger partial charge in [-0.05, 0) is 56.9 Å². The molecular formula is C21H22Cl2N4. The molecule has 1 fully saturated rings. The molecule has 1 aromatic carbocycles. The normalized spacial score (nSPS) is 14.5. The minimum absolute atomic E-state index is 0.397. The zero-order valence-electron chi connectivity index (χ0n) is 15.5. The van der Waals surface area contributed by atoms with Gasteiger partial charge in [-0.1, -0.05) is 47.5 Å². The van der Waals surface area contributed by atoms with Gasteiger partial charge in [0.05, 0.1) is 11.1 Å². The van der Waals surface area contributed by atoms with Gasteiger partial charge in [0.2, 0.25) is 0 Å². The number of rotatable bonds is 6. The molecule has 140 valence electrons. The smallest absolute Gasteiger partial charge is 0.144 e. The second-order valence-corrected chi connectivity index (χ2v) is 8.41. The maximum Gasteiger partial charge on any atom is 0.144 e. The highest BCUT2D eigenvalue weighted by Gasteiger charge is 2.36. The fourth-order valence-corrected chi connectivity index (χ4v) is 3.84. The van der Waals surface area contributed by atoms with Crippen molar-refractivity contribution in [2.75, 3.05) is 0 Å². The van der Waals surface area contributed by atoms with Gasteiger partial charge < -0.3 is 4.57 Å². The van der Waals surface area contributed by atoms with Gasteiger partial charge >= 0.3 is 0 Å². The van der Waals surface area contributed by atoms with Crippen LogP contribution in [0.15, 0.2) is 42.5 Å². The minimum Gasteiger partial charge on any atom is -0.314 e. The molecule has 0 saturated heterocycles. The highest BCUT2D eigenvalue weighted by atomic mass is 35.5. The first-order valence-electron chi connectivity index (χ1n) is 9.27. The van der Waals surface area contributed by atoms with E-state index in [1.807, 2.05) is 30.3 Å². The van der Waals surface area contributed by atoms with Gasteiger partial charge in [0.25, 0.3) is 0 Å². The first kappa shape index (κ1) is 18.5. The summed E-state index contributed by atoms with van der Waals surface area (Å²) in [5.41, 5.74) is 1.63. The predicted octanol–water partition coefficient (Wildman–Crippen LogP) is 5.43. The Morgan fingerprint density at radius 1 is 1.04 bits per heavy atom. The van der Waals surface area contributed by atoms with Gasteiger partial charge in [-0.15, -0.1) is 10.2 Å². The molecule has 4 rings (SSSR count). The van der Waals surface area contributed by atoms with Crippen LogP contribution in [0.25, 0.3) is 0 Å². The van der Waals surface area contributed by atoms with E-state index in [9.17, 15) is 0 Å². The van der Waals surface area contributed by atoms with Crippen molar-refractivity contribution in [2.45, 2.75) is 51.0 Å². The van der Waals surface area contributed by atoms with E-state index in [4.69, 9.17) is 23.2 Å². The molecule has 27 heavy (non-hydrogen) atoms. The van der Waals surface area contributed by atoms with Crippen LogP contribution in [-0.2, 0) is 18.4 Å². The Morgan fingerprint density at radius 3 is 2.52 bits per heavy atom. The van der Waals surface area contributed by atoms with E-state index >= 15 is 0 Å². The lowest BCUT2D eigenvalue weighted by molar-refractivity contribution is 0.509. The molecule has 0 amide bonds. The molecule has 1 aliphatic rings. The molecule has 1 saturated carbocycles. The van der Waals surface area contributed by atoms with Crippen LogP contribution in [-0.4, -0.2) is 19.7 Å². The third-order valence-electron chi connectivity index (χ3n) is 5.20. The van der Waals surface area contributed by atoms with Crippen LogP contribution >= 0.6 is 23.2 Å². The van der Waals surface area contributed by atoms with Crippen LogP contribution in [0.5, 0.6) is 0 Å². The lowest BCUT2D eigenvalue weighted by atomic mass is 9.87. The molecule has 1 aliphatic carbocycles. The fraction of sp³-hybridized carbons (Fsp3) is 0.381. The van der Waals surface area contributed by atoms with Crippen LogP contribution in [0.4, 0.5) is 0 Å². The molecule has 0 atom stereocenters. The maximum absolute atomic E-state index is 6.36. The van der Waals surface area contributed by atoms with Crippen LogP contribution in [0.1, 0.15) is 55.5 Å². The Balaban J connectivity index is 1.70. The van der Waals surface area contributed by atoms with E-state index in [1.165, 1.54) is 12.8 Å². The summed E-state index contributed by atoms with van der Waals surface area (Å²) in [5.74, 6) is 2.51. The van der Waals surface area contributed by atoms with E-state index < -0.39 is 5.41 Å². The molecule has 0 spiro atoms. The highest BCUT2D eigenvalue weighted by molar-refractivity contribution is 6.31.